The van der Waals surface area contributed by atoms with Crippen LogP contribution in [0.1, 0.15) is 15.9 Å². The van der Waals surface area contributed by atoms with Gasteiger partial charge in [0.1, 0.15) is 12.4 Å². The Morgan fingerprint density at radius 1 is 1.47 bits per heavy atom. The molecule has 2 aromatic heterocycles. The highest BCUT2D eigenvalue weighted by molar-refractivity contribution is 5.87. The Morgan fingerprint density at radius 2 is 2.29 bits per heavy atom. The third kappa shape index (κ3) is 2.81. The molecule has 17 heavy (non-hydrogen) atoms. The molecule has 0 radical (unpaired) electrons. The molecular formula is C11H11N3O3. The number of carbonyl (C=O) groups is 1. The summed E-state index contributed by atoms with van der Waals surface area (Å²) in [6.45, 7) is 0.332. The molecule has 2 aromatic rings. The van der Waals surface area contributed by atoms with E-state index in [9.17, 15) is 4.79 Å². The Hall–Kier alpha value is -2.37. The van der Waals surface area contributed by atoms with Crippen LogP contribution in [0.2, 0.25) is 0 Å². The van der Waals surface area contributed by atoms with Gasteiger partial charge in [0.2, 0.25) is 0 Å². The maximum Gasteiger partial charge on any atom is 0.337 e. The van der Waals surface area contributed by atoms with Crippen LogP contribution in [0.25, 0.3) is 0 Å². The number of carboxylic acids is 1. The van der Waals surface area contributed by atoms with Crippen molar-refractivity contribution in [3.05, 3.63) is 42.0 Å². The molecule has 1 N–H and O–H groups in total. The summed E-state index contributed by atoms with van der Waals surface area (Å²) >= 11 is 0. The predicted octanol–water partition coefficient (Wildman–Crippen LogP) is 1.09. The minimum absolute atomic E-state index is 0.105. The van der Waals surface area contributed by atoms with E-state index in [-0.39, 0.29) is 5.56 Å². The van der Waals surface area contributed by atoms with Crippen molar-refractivity contribution in [1.29, 1.82) is 0 Å². The lowest BCUT2D eigenvalue weighted by Crippen LogP contribution is -2.00. The highest BCUT2D eigenvalue weighted by Crippen LogP contribution is 2.13. The molecule has 0 aliphatic rings. The van der Waals surface area contributed by atoms with Crippen LogP contribution in [0.15, 0.2) is 30.9 Å². The highest BCUT2D eigenvalue weighted by Gasteiger charge is 2.05. The first-order valence-electron chi connectivity index (χ1n) is 4.94. The van der Waals surface area contributed by atoms with Crippen molar-refractivity contribution >= 4 is 5.97 Å². The lowest BCUT2D eigenvalue weighted by atomic mass is 10.3. The fourth-order valence-corrected chi connectivity index (χ4v) is 1.33. The number of ether oxygens (including phenoxy) is 1. The first kappa shape index (κ1) is 11.1. The second-order valence-corrected chi connectivity index (χ2v) is 3.53. The molecule has 6 nitrogen and oxygen atoms in total. The molecule has 0 saturated carbocycles. The molecule has 0 fully saturated rings. The van der Waals surface area contributed by atoms with Crippen LogP contribution in [0, 0.1) is 0 Å². The minimum Gasteiger partial charge on any atom is -0.487 e. The van der Waals surface area contributed by atoms with Crippen LogP contribution in [0.3, 0.4) is 0 Å². The largest absolute Gasteiger partial charge is 0.487 e. The van der Waals surface area contributed by atoms with Crippen molar-refractivity contribution in [2.24, 2.45) is 7.05 Å². The van der Waals surface area contributed by atoms with Gasteiger partial charge in [-0.25, -0.2) is 4.79 Å². The average molecular weight is 233 g/mol. The summed E-state index contributed by atoms with van der Waals surface area (Å²) < 4.78 is 7.09. The molecule has 6 heteroatoms. The molecule has 0 amide bonds. The van der Waals surface area contributed by atoms with Crippen molar-refractivity contribution < 1.29 is 14.6 Å². The van der Waals surface area contributed by atoms with Crippen LogP contribution in [-0.2, 0) is 13.7 Å². The molecule has 0 aliphatic carbocycles. The van der Waals surface area contributed by atoms with E-state index in [0.717, 1.165) is 5.56 Å². The second kappa shape index (κ2) is 4.65. The SMILES string of the molecule is Cn1cc(COc2cncc(C(=O)O)c2)cn1. The number of nitrogens with zero attached hydrogens (tertiary/aromatic N) is 3. The lowest BCUT2D eigenvalue weighted by Gasteiger charge is -2.04. The maximum absolute atomic E-state index is 10.7. The molecule has 2 rings (SSSR count). The van der Waals surface area contributed by atoms with Gasteiger partial charge in [-0.1, -0.05) is 0 Å². The Bertz CT molecular complexity index is 536. The van der Waals surface area contributed by atoms with Gasteiger partial charge in [-0.05, 0) is 6.07 Å². The van der Waals surface area contributed by atoms with Crippen molar-refractivity contribution in [2.45, 2.75) is 6.61 Å². The number of carboxylic acid groups (broad SMARTS) is 1. The third-order valence-electron chi connectivity index (χ3n) is 2.12. The smallest absolute Gasteiger partial charge is 0.337 e. The van der Waals surface area contributed by atoms with Crippen LogP contribution < -0.4 is 4.74 Å². The number of hydrogen-bond donors (Lipinski definition) is 1. The van der Waals surface area contributed by atoms with Gasteiger partial charge in [-0.2, -0.15) is 5.10 Å². The number of aryl methyl sites for hydroxylation is 1. The Morgan fingerprint density at radius 3 is 2.94 bits per heavy atom. The molecule has 0 aliphatic heterocycles. The van der Waals surface area contributed by atoms with Crippen molar-refractivity contribution in [1.82, 2.24) is 14.8 Å². The number of aromatic carboxylic acids is 1. The zero-order chi connectivity index (χ0) is 12.3. The van der Waals surface area contributed by atoms with E-state index in [0.29, 0.717) is 12.4 Å². The molecule has 0 aromatic carbocycles. The molecule has 0 atom stereocenters. The molecule has 88 valence electrons. The van der Waals surface area contributed by atoms with E-state index in [4.69, 9.17) is 9.84 Å². The standard InChI is InChI=1S/C11H11N3O3/c1-14-6-8(3-13-14)7-17-10-2-9(11(15)16)4-12-5-10/h2-6H,7H2,1H3,(H,15,16). The van der Waals surface area contributed by atoms with E-state index < -0.39 is 5.97 Å². The first-order valence-corrected chi connectivity index (χ1v) is 4.94. The van der Waals surface area contributed by atoms with E-state index in [1.807, 2.05) is 13.2 Å². The summed E-state index contributed by atoms with van der Waals surface area (Å²) in [6, 6.07) is 1.44. The Kier molecular flexibility index (Phi) is 3.04. The fourth-order valence-electron chi connectivity index (χ4n) is 1.33. The van der Waals surface area contributed by atoms with E-state index in [2.05, 4.69) is 10.1 Å². The zero-order valence-electron chi connectivity index (χ0n) is 9.20. The lowest BCUT2D eigenvalue weighted by molar-refractivity contribution is 0.0696. The van der Waals surface area contributed by atoms with Crippen molar-refractivity contribution in [3.8, 4) is 5.75 Å². The monoisotopic (exact) mass is 233 g/mol. The highest BCUT2D eigenvalue weighted by atomic mass is 16.5. The Labute approximate surface area is 97.5 Å². The van der Waals surface area contributed by atoms with E-state index >= 15 is 0 Å². The summed E-state index contributed by atoms with van der Waals surface area (Å²) in [6.07, 6.45) is 6.27. The maximum atomic E-state index is 10.7. The number of rotatable bonds is 4. The van der Waals surface area contributed by atoms with Gasteiger partial charge in [0, 0.05) is 25.0 Å². The van der Waals surface area contributed by atoms with Crippen molar-refractivity contribution in [2.75, 3.05) is 0 Å². The number of hydrogen-bond acceptors (Lipinski definition) is 4. The summed E-state index contributed by atoms with van der Waals surface area (Å²) in [4.78, 5) is 14.5. The normalized spacial score (nSPS) is 10.2. The third-order valence-corrected chi connectivity index (χ3v) is 2.12. The van der Waals surface area contributed by atoms with Crippen LogP contribution in [-0.4, -0.2) is 25.8 Å². The quantitative estimate of drug-likeness (QED) is 0.855. The van der Waals surface area contributed by atoms with Crippen LogP contribution in [0.5, 0.6) is 5.75 Å². The molecule has 0 unspecified atom stereocenters. The average Bonchev–Trinajstić information content (AvgIpc) is 2.73. The van der Waals surface area contributed by atoms with Crippen LogP contribution in [0.4, 0.5) is 0 Å². The molecule has 0 bridgehead atoms. The number of aromatic nitrogens is 3. The summed E-state index contributed by atoms with van der Waals surface area (Å²) in [5.74, 6) is -0.599. The fraction of sp³-hybridized carbons (Fsp3) is 0.182. The predicted molar refractivity (Wildman–Crippen MR) is 58.7 cm³/mol. The van der Waals surface area contributed by atoms with Gasteiger partial charge >= 0.3 is 5.97 Å². The Balaban J connectivity index is 2.04. The zero-order valence-corrected chi connectivity index (χ0v) is 9.20. The summed E-state index contributed by atoms with van der Waals surface area (Å²) in [7, 11) is 1.82. The van der Waals surface area contributed by atoms with E-state index in [1.165, 1.54) is 18.5 Å². The van der Waals surface area contributed by atoms with Crippen molar-refractivity contribution in [3.63, 3.8) is 0 Å². The summed E-state index contributed by atoms with van der Waals surface area (Å²) in [5, 5.41) is 12.8. The summed E-state index contributed by atoms with van der Waals surface area (Å²) in [5.41, 5.74) is 1.02. The van der Waals surface area contributed by atoms with Gasteiger partial charge in [0.25, 0.3) is 0 Å². The minimum atomic E-state index is -1.02. The van der Waals surface area contributed by atoms with E-state index in [1.54, 1.807) is 10.9 Å². The molecular weight excluding hydrogens is 222 g/mol. The molecule has 0 spiro atoms. The van der Waals surface area contributed by atoms with Gasteiger partial charge in [0.15, 0.2) is 0 Å². The molecule has 0 saturated heterocycles. The topological polar surface area (TPSA) is 77.2 Å². The van der Waals surface area contributed by atoms with Gasteiger partial charge in [-0.3, -0.25) is 9.67 Å². The van der Waals surface area contributed by atoms with Gasteiger partial charge in [-0.15, -0.1) is 0 Å². The molecule has 2 heterocycles. The first-order chi connectivity index (χ1) is 8.15. The number of pyridine rings is 1. The van der Waals surface area contributed by atoms with Crippen LogP contribution >= 0.6 is 0 Å². The second-order valence-electron chi connectivity index (χ2n) is 3.53. The van der Waals surface area contributed by atoms with Gasteiger partial charge < -0.3 is 9.84 Å². The van der Waals surface area contributed by atoms with Gasteiger partial charge in [0.05, 0.1) is 18.0 Å².